The summed E-state index contributed by atoms with van der Waals surface area (Å²) in [6.45, 7) is 2.17. The molecule has 5 heteroatoms. The molecule has 0 saturated heterocycles. The van der Waals surface area contributed by atoms with Gasteiger partial charge >= 0.3 is 5.97 Å². The number of aromatic nitrogens is 2. The molecule has 0 aromatic carbocycles. The molecule has 0 saturated carbocycles. The van der Waals surface area contributed by atoms with E-state index in [1.807, 2.05) is 0 Å². The van der Waals surface area contributed by atoms with Gasteiger partial charge in [0.25, 0.3) is 0 Å². The first kappa shape index (κ1) is 12.6. The van der Waals surface area contributed by atoms with Gasteiger partial charge < -0.3 is 9.47 Å². The minimum atomic E-state index is -0.319. The number of ether oxygens (including phenoxy) is 2. The molecule has 1 aromatic heterocycles. The Morgan fingerprint density at radius 2 is 2.14 bits per heavy atom. The van der Waals surface area contributed by atoms with Gasteiger partial charge in [-0.1, -0.05) is 0 Å². The maximum absolute atomic E-state index is 11.0. The quantitative estimate of drug-likeness (QED) is 0.664. The third-order valence-electron chi connectivity index (χ3n) is 1.22. The molecule has 14 heavy (non-hydrogen) atoms. The Labute approximate surface area is 83.6 Å². The smallest absolute Gasteiger partial charge is 0.341 e. The minimum absolute atomic E-state index is 0.319. The molecule has 0 fully saturated rings. The molecule has 0 aliphatic carbocycles. The maximum atomic E-state index is 11.0. The molecule has 0 radical (unpaired) electrons. The molecule has 80 valence electrons. The molecular weight excluding hydrogens is 184 g/mol. The average molecular weight is 200 g/mol. The van der Waals surface area contributed by atoms with Gasteiger partial charge in [0.1, 0.15) is 0 Å². The van der Waals surface area contributed by atoms with Gasteiger partial charge in [-0.25, -0.2) is 4.79 Å². The average Bonchev–Trinajstić information content (AvgIpc) is 2.54. The first-order chi connectivity index (χ1) is 6.65. The van der Waals surface area contributed by atoms with Crippen molar-refractivity contribution in [3.63, 3.8) is 0 Å². The third kappa shape index (κ3) is 4.61. The van der Waals surface area contributed by atoms with Crippen molar-refractivity contribution in [2.24, 2.45) is 7.05 Å². The van der Waals surface area contributed by atoms with Crippen molar-refractivity contribution in [2.45, 2.75) is 6.92 Å². The molecule has 5 nitrogen and oxygen atoms in total. The van der Waals surface area contributed by atoms with Gasteiger partial charge in [0.15, 0.2) is 0 Å². The van der Waals surface area contributed by atoms with Crippen LogP contribution in [0.25, 0.3) is 0 Å². The van der Waals surface area contributed by atoms with Gasteiger partial charge in [0.2, 0.25) is 0 Å². The largest absolute Gasteiger partial charge is 0.462 e. The Hall–Kier alpha value is -1.36. The van der Waals surface area contributed by atoms with Gasteiger partial charge in [0.05, 0.1) is 18.4 Å². The predicted molar refractivity (Wildman–Crippen MR) is 52.1 cm³/mol. The first-order valence-corrected chi connectivity index (χ1v) is 4.21. The van der Waals surface area contributed by atoms with Crippen molar-refractivity contribution in [3.8, 4) is 0 Å². The predicted octanol–water partition coefficient (Wildman–Crippen LogP) is 0.859. The molecule has 1 aromatic rings. The van der Waals surface area contributed by atoms with Crippen LogP contribution < -0.4 is 0 Å². The van der Waals surface area contributed by atoms with Crippen LogP contribution in [-0.4, -0.2) is 36.6 Å². The Morgan fingerprint density at radius 1 is 1.57 bits per heavy atom. The van der Waals surface area contributed by atoms with Crippen molar-refractivity contribution >= 4 is 5.97 Å². The Kier molecular flexibility index (Phi) is 6.39. The molecule has 0 N–H and O–H groups in total. The maximum Gasteiger partial charge on any atom is 0.341 e. The van der Waals surface area contributed by atoms with E-state index in [0.29, 0.717) is 12.2 Å². The standard InChI is InChI=1S/C7H10N2O2.C2H6O/c1-3-11-7(10)6-4-8-9(2)5-6;1-3-2/h4-5H,3H2,1-2H3;1-2H3. The monoisotopic (exact) mass is 200 g/mol. The number of hydrogen-bond donors (Lipinski definition) is 0. The summed E-state index contributed by atoms with van der Waals surface area (Å²) < 4.78 is 10.6. The summed E-state index contributed by atoms with van der Waals surface area (Å²) in [5, 5.41) is 3.84. The van der Waals surface area contributed by atoms with Crippen LogP contribution in [0.2, 0.25) is 0 Å². The normalized spacial score (nSPS) is 8.86. The Bertz CT molecular complexity index is 271. The SMILES string of the molecule is CCOC(=O)c1cnn(C)c1.COC. The van der Waals surface area contributed by atoms with Crippen LogP contribution in [0.3, 0.4) is 0 Å². The Balaban J connectivity index is 0.000000500. The number of esters is 1. The number of carbonyl (C=O) groups excluding carboxylic acids is 1. The lowest BCUT2D eigenvalue weighted by molar-refractivity contribution is 0.0526. The second-order valence-corrected chi connectivity index (χ2v) is 2.53. The van der Waals surface area contributed by atoms with E-state index < -0.39 is 0 Å². The van der Waals surface area contributed by atoms with E-state index in [1.165, 1.54) is 6.20 Å². The lowest BCUT2D eigenvalue weighted by Gasteiger charge is -1.95. The fourth-order valence-corrected chi connectivity index (χ4v) is 0.741. The summed E-state index contributed by atoms with van der Waals surface area (Å²) in [5.41, 5.74) is 0.495. The number of carbonyl (C=O) groups is 1. The Morgan fingerprint density at radius 3 is 2.50 bits per heavy atom. The fraction of sp³-hybridized carbons (Fsp3) is 0.556. The van der Waals surface area contributed by atoms with Crippen LogP contribution in [0.5, 0.6) is 0 Å². The zero-order valence-electron chi connectivity index (χ0n) is 8.98. The molecule has 0 aliphatic rings. The van der Waals surface area contributed by atoms with Crippen molar-refractivity contribution in [1.29, 1.82) is 0 Å². The van der Waals surface area contributed by atoms with Crippen LogP contribution in [-0.2, 0) is 16.5 Å². The van der Waals surface area contributed by atoms with E-state index in [9.17, 15) is 4.79 Å². The van der Waals surface area contributed by atoms with Crippen LogP contribution in [0, 0.1) is 0 Å². The van der Waals surface area contributed by atoms with Crippen LogP contribution in [0.4, 0.5) is 0 Å². The van der Waals surface area contributed by atoms with E-state index >= 15 is 0 Å². The molecule has 0 aliphatic heterocycles. The summed E-state index contributed by atoms with van der Waals surface area (Å²) in [7, 11) is 5.00. The van der Waals surface area contributed by atoms with Crippen molar-refractivity contribution in [1.82, 2.24) is 9.78 Å². The van der Waals surface area contributed by atoms with E-state index in [1.54, 1.807) is 39.1 Å². The molecule has 0 bridgehead atoms. The fourth-order valence-electron chi connectivity index (χ4n) is 0.741. The van der Waals surface area contributed by atoms with Crippen molar-refractivity contribution in [2.75, 3.05) is 20.8 Å². The van der Waals surface area contributed by atoms with Gasteiger partial charge in [-0.15, -0.1) is 0 Å². The van der Waals surface area contributed by atoms with E-state index in [0.717, 1.165) is 0 Å². The van der Waals surface area contributed by atoms with Crippen LogP contribution in [0.15, 0.2) is 12.4 Å². The number of nitrogens with zero attached hydrogens (tertiary/aromatic N) is 2. The zero-order chi connectivity index (χ0) is 11.0. The summed E-state index contributed by atoms with van der Waals surface area (Å²) in [5.74, 6) is -0.319. The van der Waals surface area contributed by atoms with E-state index in [2.05, 4.69) is 9.84 Å². The van der Waals surface area contributed by atoms with E-state index in [4.69, 9.17) is 4.74 Å². The van der Waals surface area contributed by atoms with Crippen LogP contribution >= 0.6 is 0 Å². The molecule has 0 spiro atoms. The topological polar surface area (TPSA) is 53.3 Å². The van der Waals surface area contributed by atoms with Crippen molar-refractivity contribution in [3.05, 3.63) is 18.0 Å². The molecule has 1 heterocycles. The highest BCUT2D eigenvalue weighted by Gasteiger charge is 2.06. The lowest BCUT2D eigenvalue weighted by Crippen LogP contribution is -2.02. The molecular formula is C9H16N2O3. The first-order valence-electron chi connectivity index (χ1n) is 4.21. The molecule has 0 amide bonds. The second kappa shape index (κ2) is 7.08. The number of aryl methyl sites for hydroxylation is 1. The summed E-state index contributed by atoms with van der Waals surface area (Å²) in [6.07, 6.45) is 3.11. The second-order valence-electron chi connectivity index (χ2n) is 2.53. The minimum Gasteiger partial charge on any atom is -0.462 e. The van der Waals surface area contributed by atoms with Crippen molar-refractivity contribution < 1.29 is 14.3 Å². The number of hydrogen-bond acceptors (Lipinski definition) is 4. The molecule has 0 unspecified atom stereocenters. The zero-order valence-corrected chi connectivity index (χ0v) is 8.98. The molecule has 0 atom stereocenters. The van der Waals surface area contributed by atoms with Gasteiger partial charge in [-0.3, -0.25) is 4.68 Å². The van der Waals surface area contributed by atoms with Gasteiger partial charge in [-0.05, 0) is 6.92 Å². The highest BCUT2D eigenvalue weighted by atomic mass is 16.5. The number of rotatable bonds is 2. The van der Waals surface area contributed by atoms with Crippen LogP contribution in [0.1, 0.15) is 17.3 Å². The van der Waals surface area contributed by atoms with E-state index in [-0.39, 0.29) is 5.97 Å². The van der Waals surface area contributed by atoms with Gasteiger partial charge in [-0.2, -0.15) is 5.10 Å². The summed E-state index contributed by atoms with van der Waals surface area (Å²) >= 11 is 0. The third-order valence-corrected chi connectivity index (χ3v) is 1.22. The number of methoxy groups -OCH3 is 1. The summed E-state index contributed by atoms with van der Waals surface area (Å²) in [4.78, 5) is 11.0. The lowest BCUT2D eigenvalue weighted by atomic mass is 10.4. The highest BCUT2D eigenvalue weighted by molar-refractivity contribution is 5.88. The molecule has 1 rings (SSSR count). The van der Waals surface area contributed by atoms with Gasteiger partial charge in [0, 0.05) is 27.5 Å². The summed E-state index contributed by atoms with van der Waals surface area (Å²) in [6, 6.07) is 0. The highest BCUT2D eigenvalue weighted by Crippen LogP contribution is 1.98.